The minimum atomic E-state index is -0.264. The maximum Gasteiger partial charge on any atom is 0.228 e. The third-order valence-corrected chi connectivity index (χ3v) is 6.30. The quantitative estimate of drug-likeness (QED) is 0.746. The monoisotopic (exact) mass is 387 g/mol. The van der Waals surface area contributed by atoms with E-state index in [1.165, 1.54) is 22.2 Å². The van der Waals surface area contributed by atoms with Crippen molar-refractivity contribution in [3.63, 3.8) is 0 Å². The normalized spacial score (nSPS) is 19.1. The standard InChI is InChI=1S/C24H25N3O2/c1-2-16-6-5-7-18(12-16)27-14-17(13-23(27)28)24(29)26-11-10-22-20(15-26)19-8-3-4-9-21(19)25-22/h3-9,12,17,25H,2,10-11,13-15H2,1H3/t17-/m0/s1. The largest absolute Gasteiger partial charge is 0.358 e. The highest BCUT2D eigenvalue weighted by Crippen LogP contribution is 2.31. The van der Waals surface area contributed by atoms with Gasteiger partial charge in [-0.1, -0.05) is 37.3 Å². The van der Waals surface area contributed by atoms with Crippen LogP contribution >= 0.6 is 0 Å². The first-order valence-corrected chi connectivity index (χ1v) is 10.4. The second-order valence-electron chi connectivity index (χ2n) is 8.07. The molecule has 2 aromatic carbocycles. The number of aromatic amines is 1. The third-order valence-electron chi connectivity index (χ3n) is 6.30. The number of aryl methyl sites for hydroxylation is 1. The molecular weight excluding hydrogens is 362 g/mol. The highest BCUT2D eigenvalue weighted by molar-refractivity contribution is 6.00. The molecule has 148 valence electrons. The molecule has 5 nitrogen and oxygen atoms in total. The highest BCUT2D eigenvalue weighted by atomic mass is 16.2. The van der Waals surface area contributed by atoms with E-state index in [2.05, 4.69) is 36.2 Å². The molecule has 0 unspecified atom stereocenters. The third kappa shape index (κ3) is 3.11. The number of carbonyl (C=O) groups excluding carboxylic acids is 2. The van der Waals surface area contributed by atoms with Crippen molar-refractivity contribution >= 4 is 28.4 Å². The van der Waals surface area contributed by atoms with E-state index in [-0.39, 0.29) is 17.7 Å². The van der Waals surface area contributed by atoms with Gasteiger partial charge in [-0.3, -0.25) is 9.59 Å². The smallest absolute Gasteiger partial charge is 0.228 e. The molecule has 3 heterocycles. The van der Waals surface area contributed by atoms with E-state index in [0.717, 1.165) is 24.0 Å². The molecule has 1 aromatic heterocycles. The van der Waals surface area contributed by atoms with E-state index in [9.17, 15) is 9.59 Å². The second kappa shape index (κ2) is 7.07. The lowest BCUT2D eigenvalue weighted by molar-refractivity contribution is -0.136. The predicted octanol–water partition coefficient (Wildman–Crippen LogP) is 3.67. The van der Waals surface area contributed by atoms with Gasteiger partial charge in [-0.15, -0.1) is 0 Å². The summed E-state index contributed by atoms with van der Waals surface area (Å²) in [7, 11) is 0. The van der Waals surface area contributed by atoms with Gasteiger partial charge in [0.15, 0.2) is 0 Å². The zero-order valence-electron chi connectivity index (χ0n) is 16.6. The minimum Gasteiger partial charge on any atom is -0.358 e. The first kappa shape index (κ1) is 18.0. The van der Waals surface area contributed by atoms with Crippen LogP contribution in [0.2, 0.25) is 0 Å². The molecule has 0 radical (unpaired) electrons. The number of anilines is 1. The molecule has 2 aliphatic rings. The molecule has 1 fully saturated rings. The van der Waals surface area contributed by atoms with Crippen molar-refractivity contribution in [1.82, 2.24) is 9.88 Å². The number of hydrogen-bond acceptors (Lipinski definition) is 2. The number of rotatable bonds is 3. The number of carbonyl (C=O) groups is 2. The fraction of sp³-hybridized carbons (Fsp3) is 0.333. The summed E-state index contributed by atoms with van der Waals surface area (Å²) in [5, 5.41) is 1.19. The summed E-state index contributed by atoms with van der Waals surface area (Å²) in [6.07, 6.45) is 2.06. The number of nitrogens with one attached hydrogen (secondary N) is 1. The van der Waals surface area contributed by atoms with E-state index in [1.54, 1.807) is 4.90 Å². The van der Waals surface area contributed by atoms with Gasteiger partial charge in [0.2, 0.25) is 11.8 Å². The Kier molecular flexibility index (Phi) is 4.38. The molecule has 3 aromatic rings. The average Bonchev–Trinajstić information content (AvgIpc) is 3.33. The fourth-order valence-electron chi connectivity index (χ4n) is 4.68. The number of H-pyrrole nitrogens is 1. The van der Waals surface area contributed by atoms with Crippen LogP contribution in [0.3, 0.4) is 0 Å². The molecule has 0 spiro atoms. The number of aromatic nitrogens is 1. The van der Waals surface area contributed by atoms with E-state index in [4.69, 9.17) is 0 Å². The van der Waals surface area contributed by atoms with Crippen LogP contribution in [0, 0.1) is 5.92 Å². The maximum absolute atomic E-state index is 13.3. The highest BCUT2D eigenvalue weighted by Gasteiger charge is 2.38. The Hall–Kier alpha value is -3.08. The zero-order chi connectivity index (χ0) is 20.0. The summed E-state index contributed by atoms with van der Waals surface area (Å²) in [4.78, 5) is 33.1. The molecule has 2 aliphatic heterocycles. The predicted molar refractivity (Wildman–Crippen MR) is 114 cm³/mol. The Morgan fingerprint density at radius 3 is 2.90 bits per heavy atom. The van der Waals surface area contributed by atoms with Crippen LogP contribution < -0.4 is 4.90 Å². The molecule has 2 amide bonds. The zero-order valence-corrected chi connectivity index (χ0v) is 16.6. The van der Waals surface area contributed by atoms with Gasteiger partial charge < -0.3 is 14.8 Å². The van der Waals surface area contributed by atoms with Crippen molar-refractivity contribution in [1.29, 1.82) is 0 Å². The Morgan fingerprint density at radius 2 is 2.03 bits per heavy atom. The molecule has 1 saturated heterocycles. The summed E-state index contributed by atoms with van der Waals surface area (Å²) in [5.41, 5.74) is 5.69. The first-order chi connectivity index (χ1) is 14.1. The van der Waals surface area contributed by atoms with E-state index in [0.29, 0.717) is 26.1 Å². The first-order valence-electron chi connectivity index (χ1n) is 10.4. The van der Waals surface area contributed by atoms with Crippen LogP contribution in [-0.4, -0.2) is 34.8 Å². The average molecular weight is 387 g/mol. The lowest BCUT2D eigenvalue weighted by Gasteiger charge is -2.29. The van der Waals surface area contributed by atoms with Crippen LogP contribution in [-0.2, 0) is 29.0 Å². The molecule has 1 atom stereocenters. The van der Waals surface area contributed by atoms with Gasteiger partial charge >= 0.3 is 0 Å². The molecule has 5 rings (SSSR count). The molecular formula is C24H25N3O2. The molecule has 5 heteroatoms. The van der Waals surface area contributed by atoms with Crippen LogP contribution in [0.4, 0.5) is 5.69 Å². The van der Waals surface area contributed by atoms with Crippen molar-refractivity contribution in [3.05, 3.63) is 65.4 Å². The number of fused-ring (bicyclic) bond motifs is 3. The van der Waals surface area contributed by atoms with E-state index in [1.807, 2.05) is 29.2 Å². The van der Waals surface area contributed by atoms with Crippen molar-refractivity contribution in [2.75, 3.05) is 18.0 Å². The minimum absolute atomic E-state index is 0.0430. The van der Waals surface area contributed by atoms with Gasteiger partial charge in [0.1, 0.15) is 0 Å². The van der Waals surface area contributed by atoms with Gasteiger partial charge in [-0.25, -0.2) is 0 Å². The maximum atomic E-state index is 13.3. The lowest BCUT2D eigenvalue weighted by Crippen LogP contribution is -2.40. The molecule has 0 bridgehead atoms. The van der Waals surface area contributed by atoms with Crippen molar-refractivity contribution in [2.24, 2.45) is 5.92 Å². The Bertz CT molecular complexity index is 1100. The molecule has 29 heavy (non-hydrogen) atoms. The molecule has 0 aliphatic carbocycles. The SMILES string of the molecule is CCc1cccc(N2C[C@@H](C(=O)N3CCc4[nH]c5ccccc5c4C3)CC2=O)c1. The van der Waals surface area contributed by atoms with Gasteiger partial charge in [0, 0.05) is 60.3 Å². The van der Waals surface area contributed by atoms with Crippen LogP contribution in [0.15, 0.2) is 48.5 Å². The summed E-state index contributed by atoms with van der Waals surface area (Å²) >= 11 is 0. The summed E-state index contributed by atoms with van der Waals surface area (Å²) in [6, 6.07) is 16.3. The number of nitrogens with zero attached hydrogens (tertiary/aromatic N) is 2. The van der Waals surface area contributed by atoms with Gasteiger partial charge in [-0.2, -0.15) is 0 Å². The lowest BCUT2D eigenvalue weighted by atomic mass is 10.0. The van der Waals surface area contributed by atoms with E-state index >= 15 is 0 Å². The van der Waals surface area contributed by atoms with Gasteiger partial charge in [0.25, 0.3) is 0 Å². The van der Waals surface area contributed by atoms with Crippen LogP contribution in [0.1, 0.15) is 30.2 Å². The van der Waals surface area contributed by atoms with Crippen LogP contribution in [0.25, 0.3) is 10.9 Å². The van der Waals surface area contributed by atoms with E-state index < -0.39 is 0 Å². The second-order valence-corrected chi connectivity index (χ2v) is 8.07. The Morgan fingerprint density at radius 1 is 1.17 bits per heavy atom. The molecule has 0 saturated carbocycles. The van der Waals surface area contributed by atoms with Crippen LogP contribution in [0.5, 0.6) is 0 Å². The number of para-hydroxylation sites is 1. The Balaban J connectivity index is 1.34. The summed E-state index contributed by atoms with van der Waals surface area (Å²) < 4.78 is 0. The Labute approximate surface area is 170 Å². The van der Waals surface area contributed by atoms with Crippen molar-refractivity contribution in [3.8, 4) is 0 Å². The summed E-state index contributed by atoms with van der Waals surface area (Å²) in [5.74, 6) is -0.121. The van der Waals surface area contributed by atoms with Crippen molar-refractivity contribution < 1.29 is 9.59 Å². The number of benzene rings is 2. The topological polar surface area (TPSA) is 56.4 Å². The molecule has 1 N–H and O–H groups in total. The summed E-state index contributed by atoms with van der Waals surface area (Å²) in [6.45, 7) is 3.90. The number of hydrogen-bond donors (Lipinski definition) is 1. The van der Waals surface area contributed by atoms with Gasteiger partial charge in [0.05, 0.1) is 5.92 Å². The van der Waals surface area contributed by atoms with Crippen molar-refractivity contribution in [2.45, 2.75) is 32.7 Å². The number of amides is 2. The fourth-order valence-corrected chi connectivity index (χ4v) is 4.68. The van der Waals surface area contributed by atoms with Gasteiger partial charge in [-0.05, 0) is 30.2 Å².